The number of benzene rings is 4. The number of aromatic amines is 1. The summed E-state index contributed by atoms with van der Waals surface area (Å²) in [4.78, 5) is 8.53. The van der Waals surface area contributed by atoms with Crippen LogP contribution >= 0.6 is 0 Å². The summed E-state index contributed by atoms with van der Waals surface area (Å²) in [5.41, 5.74) is 13.7. The van der Waals surface area contributed by atoms with Gasteiger partial charge in [-0.05, 0) is 29.8 Å². The predicted molar refractivity (Wildman–Crippen MR) is 147 cm³/mol. The van der Waals surface area contributed by atoms with Crippen molar-refractivity contribution in [2.75, 3.05) is 6.61 Å². The van der Waals surface area contributed by atoms with Crippen LogP contribution in [0, 0.1) is 0 Å². The third-order valence-corrected chi connectivity index (χ3v) is 6.20. The van der Waals surface area contributed by atoms with E-state index in [1.54, 1.807) is 0 Å². The molecule has 0 radical (unpaired) electrons. The van der Waals surface area contributed by atoms with Gasteiger partial charge in [0, 0.05) is 22.9 Å². The van der Waals surface area contributed by atoms with E-state index in [2.05, 4.69) is 52.3 Å². The first kappa shape index (κ1) is 22.6. The second kappa shape index (κ2) is 10.4. The second-order valence-corrected chi connectivity index (χ2v) is 8.86. The third-order valence-electron chi connectivity index (χ3n) is 6.20. The van der Waals surface area contributed by atoms with Crippen LogP contribution in [0.3, 0.4) is 0 Å². The van der Waals surface area contributed by atoms with Crippen LogP contribution in [0.1, 0.15) is 5.56 Å². The Bertz CT molecular complexity index is 1420. The van der Waals surface area contributed by atoms with Crippen LogP contribution in [-0.2, 0) is 6.54 Å². The summed E-state index contributed by atoms with van der Waals surface area (Å²) >= 11 is 0. The number of hydrogen-bond donors (Lipinski definition) is 3. The standard InChI is InChI=1S/C31H27N5O/c1-4-10-23(11-5-1)20-36-21-27(34-35-36)22-37-28-18-16-26(17-19-28)31-32-29(24-12-6-2-7-13-24)30(33-31)25-14-8-3-9-15-25/h1-19,21,34-35H,20,22H2,(H,32,33). The first-order valence-corrected chi connectivity index (χ1v) is 12.3. The molecule has 0 saturated heterocycles. The van der Waals surface area contributed by atoms with Crippen LogP contribution in [0.4, 0.5) is 0 Å². The summed E-state index contributed by atoms with van der Waals surface area (Å²) in [6, 6.07) is 38.9. The highest BCUT2D eigenvalue weighted by Crippen LogP contribution is 2.33. The van der Waals surface area contributed by atoms with Crippen molar-refractivity contribution in [1.82, 2.24) is 25.9 Å². The van der Waals surface area contributed by atoms with E-state index in [9.17, 15) is 0 Å². The molecule has 0 unspecified atom stereocenters. The monoisotopic (exact) mass is 485 g/mol. The highest BCUT2D eigenvalue weighted by Gasteiger charge is 2.16. The Balaban J connectivity index is 1.16. The molecule has 1 aliphatic rings. The molecule has 0 bridgehead atoms. The maximum atomic E-state index is 6.02. The van der Waals surface area contributed by atoms with Gasteiger partial charge >= 0.3 is 0 Å². The molecular weight excluding hydrogens is 458 g/mol. The first-order valence-electron chi connectivity index (χ1n) is 12.3. The van der Waals surface area contributed by atoms with Crippen LogP contribution < -0.4 is 15.7 Å². The van der Waals surface area contributed by atoms with Crippen LogP contribution in [0.2, 0.25) is 0 Å². The van der Waals surface area contributed by atoms with E-state index in [1.165, 1.54) is 5.56 Å². The molecule has 37 heavy (non-hydrogen) atoms. The van der Waals surface area contributed by atoms with Gasteiger partial charge in [0.2, 0.25) is 0 Å². The lowest BCUT2D eigenvalue weighted by Crippen LogP contribution is -2.36. The number of nitrogens with one attached hydrogen (secondary N) is 3. The minimum absolute atomic E-state index is 0.439. The fourth-order valence-corrected chi connectivity index (χ4v) is 4.33. The largest absolute Gasteiger partial charge is 0.487 e. The molecular formula is C31H27N5O. The maximum Gasteiger partial charge on any atom is 0.138 e. The van der Waals surface area contributed by atoms with E-state index >= 15 is 0 Å². The molecule has 0 aliphatic carbocycles. The summed E-state index contributed by atoms with van der Waals surface area (Å²) in [6.45, 7) is 1.21. The summed E-state index contributed by atoms with van der Waals surface area (Å²) < 4.78 is 6.02. The molecule has 6 rings (SSSR count). The third kappa shape index (κ3) is 5.24. The number of nitrogens with zero attached hydrogens (tertiary/aromatic N) is 2. The Morgan fingerprint density at radius 2 is 1.32 bits per heavy atom. The van der Waals surface area contributed by atoms with E-state index in [-0.39, 0.29) is 0 Å². The van der Waals surface area contributed by atoms with E-state index < -0.39 is 0 Å². The molecule has 0 atom stereocenters. The van der Waals surface area contributed by atoms with Gasteiger partial charge in [-0.3, -0.25) is 5.01 Å². The minimum atomic E-state index is 0.439. The highest BCUT2D eigenvalue weighted by molar-refractivity contribution is 5.81. The Morgan fingerprint density at radius 1 is 0.676 bits per heavy atom. The van der Waals surface area contributed by atoms with Gasteiger partial charge in [-0.1, -0.05) is 91.0 Å². The number of hydrogen-bond acceptors (Lipinski definition) is 5. The van der Waals surface area contributed by atoms with E-state index in [0.717, 1.165) is 51.9 Å². The fraction of sp³-hybridized carbons (Fsp3) is 0.0645. The number of rotatable bonds is 8. The summed E-state index contributed by atoms with van der Waals surface area (Å²) in [6.07, 6.45) is 2.03. The van der Waals surface area contributed by atoms with E-state index in [1.807, 2.05) is 90.1 Å². The summed E-state index contributed by atoms with van der Waals surface area (Å²) in [7, 11) is 0. The van der Waals surface area contributed by atoms with Gasteiger partial charge in [-0.25, -0.2) is 4.98 Å². The Kier molecular flexibility index (Phi) is 6.39. The van der Waals surface area contributed by atoms with Gasteiger partial charge in [0.05, 0.1) is 23.6 Å². The molecule has 0 spiro atoms. The van der Waals surface area contributed by atoms with E-state index in [0.29, 0.717) is 6.61 Å². The topological polar surface area (TPSA) is 65.2 Å². The van der Waals surface area contributed by atoms with Gasteiger partial charge in [-0.2, -0.15) is 0 Å². The van der Waals surface area contributed by atoms with Crippen LogP contribution in [0.5, 0.6) is 5.75 Å². The molecule has 4 aromatic carbocycles. The van der Waals surface area contributed by atoms with Crippen molar-refractivity contribution < 1.29 is 4.74 Å². The number of hydrazine groups is 2. The molecule has 3 N–H and O–H groups in total. The smallest absolute Gasteiger partial charge is 0.138 e. The molecule has 0 amide bonds. The lowest BCUT2D eigenvalue weighted by Gasteiger charge is -2.14. The van der Waals surface area contributed by atoms with Crippen molar-refractivity contribution in [3.8, 4) is 39.7 Å². The molecule has 182 valence electrons. The van der Waals surface area contributed by atoms with Gasteiger partial charge < -0.3 is 15.1 Å². The lowest BCUT2D eigenvalue weighted by molar-refractivity contribution is 0.259. The van der Waals surface area contributed by atoms with Crippen LogP contribution in [-0.4, -0.2) is 21.6 Å². The number of imidazole rings is 1. The lowest BCUT2D eigenvalue weighted by atomic mass is 10.1. The molecule has 0 saturated carbocycles. The Hall–Kier alpha value is -4.81. The van der Waals surface area contributed by atoms with Crippen molar-refractivity contribution in [3.63, 3.8) is 0 Å². The predicted octanol–water partition coefficient (Wildman–Crippen LogP) is 6.16. The molecule has 5 aromatic rings. The second-order valence-electron chi connectivity index (χ2n) is 8.86. The van der Waals surface area contributed by atoms with Gasteiger partial charge in [-0.15, -0.1) is 5.53 Å². The number of aromatic nitrogens is 2. The van der Waals surface area contributed by atoms with Crippen LogP contribution in [0.25, 0.3) is 33.9 Å². The molecule has 1 aliphatic heterocycles. The Morgan fingerprint density at radius 3 is 2.03 bits per heavy atom. The number of ether oxygens (including phenoxy) is 1. The highest BCUT2D eigenvalue weighted by atomic mass is 16.5. The molecule has 2 heterocycles. The van der Waals surface area contributed by atoms with Crippen molar-refractivity contribution >= 4 is 0 Å². The zero-order valence-electron chi connectivity index (χ0n) is 20.3. The van der Waals surface area contributed by atoms with Gasteiger partial charge in [0.15, 0.2) is 0 Å². The molecule has 1 aromatic heterocycles. The quantitative estimate of drug-likeness (QED) is 0.246. The van der Waals surface area contributed by atoms with Crippen molar-refractivity contribution in [1.29, 1.82) is 0 Å². The summed E-state index contributed by atoms with van der Waals surface area (Å²) in [5.74, 6) is 1.62. The zero-order chi connectivity index (χ0) is 24.9. The molecule has 6 heteroatoms. The Labute approximate surface area is 216 Å². The maximum absolute atomic E-state index is 6.02. The van der Waals surface area contributed by atoms with Crippen molar-refractivity contribution in [3.05, 3.63) is 133 Å². The normalized spacial score (nSPS) is 12.8. The first-order chi connectivity index (χ1) is 18.3. The van der Waals surface area contributed by atoms with Crippen molar-refractivity contribution in [2.45, 2.75) is 6.54 Å². The average Bonchev–Trinajstić information content (AvgIpc) is 3.61. The van der Waals surface area contributed by atoms with Crippen LogP contribution in [0.15, 0.2) is 127 Å². The summed E-state index contributed by atoms with van der Waals surface area (Å²) in [5, 5.41) is 2.00. The van der Waals surface area contributed by atoms with Crippen molar-refractivity contribution in [2.24, 2.45) is 0 Å². The average molecular weight is 486 g/mol. The van der Waals surface area contributed by atoms with Gasteiger partial charge in [0.25, 0.3) is 0 Å². The number of H-pyrrole nitrogens is 1. The van der Waals surface area contributed by atoms with Gasteiger partial charge in [0.1, 0.15) is 18.2 Å². The molecule has 6 nitrogen and oxygen atoms in total. The molecule has 0 fully saturated rings. The SMILES string of the molecule is C1=C(COc2ccc(-c3nc(-c4ccccc4)c(-c4ccccc4)[nH]3)cc2)NNN1Cc1ccccc1. The van der Waals surface area contributed by atoms with E-state index in [4.69, 9.17) is 9.72 Å². The minimum Gasteiger partial charge on any atom is -0.487 e. The fourth-order valence-electron chi connectivity index (χ4n) is 4.33. The zero-order valence-corrected chi connectivity index (χ0v) is 20.3.